The number of amides is 1. The number of aromatic nitrogens is 2. The van der Waals surface area contributed by atoms with E-state index in [1.807, 2.05) is 66.7 Å². The number of aryl methyl sites for hydroxylation is 2. The second-order valence-corrected chi connectivity index (χ2v) is 6.22. The first kappa shape index (κ1) is 16.1. The second-order valence-electron chi connectivity index (χ2n) is 6.22. The van der Waals surface area contributed by atoms with Gasteiger partial charge >= 0.3 is 0 Å². The van der Waals surface area contributed by atoms with Gasteiger partial charge in [-0.3, -0.25) is 4.79 Å². The third-order valence-electron chi connectivity index (χ3n) is 4.34. The van der Waals surface area contributed by atoms with Crippen molar-refractivity contribution in [3.05, 3.63) is 95.8 Å². The van der Waals surface area contributed by atoms with Gasteiger partial charge in [-0.2, -0.15) is 0 Å². The molecule has 2 N–H and O–H groups in total. The van der Waals surface area contributed by atoms with Crippen LogP contribution in [-0.2, 0) is 12.8 Å². The van der Waals surface area contributed by atoms with E-state index in [-0.39, 0.29) is 5.91 Å². The van der Waals surface area contributed by atoms with Crippen molar-refractivity contribution < 1.29 is 4.79 Å². The zero-order valence-corrected chi connectivity index (χ0v) is 14.3. The van der Waals surface area contributed by atoms with Crippen LogP contribution in [0.25, 0.3) is 11.0 Å². The van der Waals surface area contributed by atoms with Gasteiger partial charge in [-0.25, -0.2) is 4.98 Å². The summed E-state index contributed by atoms with van der Waals surface area (Å²) in [4.78, 5) is 20.1. The van der Waals surface area contributed by atoms with Crippen molar-refractivity contribution in [3.8, 4) is 0 Å². The Balaban J connectivity index is 1.37. The fraction of sp³-hybridized carbons (Fsp3) is 0.0909. The summed E-state index contributed by atoms with van der Waals surface area (Å²) in [6, 6.07) is 25.2. The maximum Gasteiger partial charge on any atom is 0.255 e. The molecule has 1 aromatic heterocycles. The highest BCUT2D eigenvalue weighted by Gasteiger charge is 2.06. The standard InChI is InChI=1S/C22H19N3O/c26-22(17-6-2-1-3-7-17)23-18-13-10-16(11-14-18)12-15-21-24-19-8-4-5-9-20(19)25-21/h1-11,13-14H,12,15H2,(H,23,26)(H,24,25). The molecule has 0 saturated carbocycles. The normalized spacial score (nSPS) is 10.8. The van der Waals surface area contributed by atoms with E-state index in [4.69, 9.17) is 0 Å². The molecule has 4 nitrogen and oxygen atoms in total. The molecule has 4 rings (SSSR count). The van der Waals surface area contributed by atoms with Gasteiger partial charge in [-0.05, 0) is 48.4 Å². The summed E-state index contributed by atoms with van der Waals surface area (Å²) in [6.07, 6.45) is 1.75. The molecule has 0 bridgehead atoms. The highest BCUT2D eigenvalue weighted by molar-refractivity contribution is 6.04. The van der Waals surface area contributed by atoms with Crippen LogP contribution in [0.1, 0.15) is 21.7 Å². The van der Waals surface area contributed by atoms with Crippen LogP contribution in [0.3, 0.4) is 0 Å². The summed E-state index contributed by atoms with van der Waals surface area (Å²) < 4.78 is 0. The molecule has 0 saturated heterocycles. The number of anilines is 1. The number of para-hydroxylation sites is 2. The lowest BCUT2D eigenvalue weighted by atomic mass is 10.1. The van der Waals surface area contributed by atoms with E-state index < -0.39 is 0 Å². The quantitative estimate of drug-likeness (QED) is 0.557. The molecule has 0 aliphatic carbocycles. The van der Waals surface area contributed by atoms with Crippen molar-refractivity contribution in [3.63, 3.8) is 0 Å². The summed E-state index contributed by atoms with van der Waals surface area (Å²) in [7, 11) is 0. The number of hydrogen-bond donors (Lipinski definition) is 2. The lowest BCUT2D eigenvalue weighted by Crippen LogP contribution is -2.11. The second kappa shape index (κ2) is 7.23. The van der Waals surface area contributed by atoms with Gasteiger partial charge in [0.1, 0.15) is 5.82 Å². The maximum atomic E-state index is 12.2. The first-order valence-corrected chi connectivity index (χ1v) is 8.67. The number of aromatic amines is 1. The number of carbonyl (C=O) groups excluding carboxylic acids is 1. The van der Waals surface area contributed by atoms with Crippen molar-refractivity contribution in [2.75, 3.05) is 5.32 Å². The summed E-state index contributed by atoms with van der Waals surface area (Å²) in [5.74, 6) is 0.897. The molecule has 0 aliphatic rings. The molecule has 0 unspecified atom stereocenters. The number of hydrogen-bond acceptors (Lipinski definition) is 2. The molecule has 26 heavy (non-hydrogen) atoms. The number of fused-ring (bicyclic) bond motifs is 1. The predicted octanol–water partition coefficient (Wildman–Crippen LogP) is 4.60. The predicted molar refractivity (Wildman–Crippen MR) is 104 cm³/mol. The highest BCUT2D eigenvalue weighted by Crippen LogP contribution is 2.15. The van der Waals surface area contributed by atoms with Gasteiger partial charge in [-0.15, -0.1) is 0 Å². The Morgan fingerprint density at radius 2 is 1.58 bits per heavy atom. The van der Waals surface area contributed by atoms with Crippen LogP contribution in [0.5, 0.6) is 0 Å². The van der Waals surface area contributed by atoms with E-state index in [1.165, 1.54) is 5.56 Å². The summed E-state index contributed by atoms with van der Waals surface area (Å²) in [5.41, 5.74) is 4.74. The molecule has 3 aromatic carbocycles. The van der Waals surface area contributed by atoms with Gasteiger partial charge in [0.05, 0.1) is 11.0 Å². The van der Waals surface area contributed by atoms with E-state index >= 15 is 0 Å². The number of rotatable bonds is 5. The summed E-state index contributed by atoms with van der Waals surface area (Å²) >= 11 is 0. The lowest BCUT2D eigenvalue weighted by molar-refractivity contribution is 0.102. The van der Waals surface area contributed by atoms with E-state index in [9.17, 15) is 4.79 Å². The zero-order chi connectivity index (χ0) is 17.8. The van der Waals surface area contributed by atoms with Crippen molar-refractivity contribution in [2.24, 2.45) is 0 Å². The Labute approximate surface area is 151 Å². The van der Waals surface area contributed by atoms with Gasteiger partial charge < -0.3 is 10.3 Å². The Hall–Kier alpha value is -3.40. The minimum Gasteiger partial charge on any atom is -0.342 e. The monoisotopic (exact) mass is 341 g/mol. The molecule has 0 atom stereocenters. The van der Waals surface area contributed by atoms with Crippen LogP contribution < -0.4 is 5.32 Å². The maximum absolute atomic E-state index is 12.2. The number of nitrogens with zero attached hydrogens (tertiary/aromatic N) is 1. The first-order chi connectivity index (χ1) is 12.8. The van der Waals surface area contributed by atoms with Crippen molar-refractivity contribution in [2.45, 2.75) is 12.8 Å². The Morgan fingerprint density at radius 1 is 0.846 bits per heavy atom. The van der Waals surface area contributed by atoms with Crippen LogP contribution in [0.15, 0.2) is 78.9 Å². The molecule has 0 aliphatic heterocycles. The van der Waals surface area contributed by atoms with E-state index in [0.717, 1.165) is 35.4 Å². The first-order valence-electron chi connectivity index (χ1n) is 8.67. The molecule has 128 valence electrons. The van der Waals surface area contributed by atoms with Crippen LogP contribution in [0.2, 0.25) is 0 Å². The van der Waals surface area contributed by atoms with Crippen molar-refractivity contribution >= 4 is 22.6 Å². The van der Waals surface area contributed by atoms with Crippen molar-refractivity contribution in [1.82, 2.24) is 9.97 Å². The number of H-pyrrole nitrogens is 1. The topological polar surface area (TPSA) is 57.8 Å². The third-order valence-corrected chi connectivity index (χ3v) is 4.34. The van der Waals surface area contributed by atoms with Crippen LogP contribution in [0, 0.1) is 0 Å². The summed E-state index contributed by atoms with van der Waals surface area (Å²) in [5, 5.41) is 2.92. The van der Waals surface area contributed by atoms with Gasteiger partial charge in [0.15, 0.2) is 0 Å². The molecule has 0 fully saturated rings. The molecular formula is C22H19N3O. The van der Waals surface area contributed by atoms with E-state index in [0.29, 0.717) is 5.56 Å². The van der Waals surface area contributed by atoms with Gasteiger partial charge in [0.2, 0.25) is 0 Å². The minimum absolute atomic E-state index is 0.0966. The number of carbonyl (C=O) groups is 1. The fourth-order valence-corrected chi connectivity index (χ4v) is 2.93. The molecular weight excluding hydrogens is 322 g/mol. The Bertz CT molecular complexity index is 987. The van der Waals surface area contributed by atoms with Crippen LogP contribution in [0.4, 0.5) is 5.69 Å². The van der Waals surface area contributed by atoms with Gasteiger partial charge in [0.25, 0.3) is 5.91 Å². The number of nitrogens with one attached hydrogen (secondary N) is 2. The molecule has 1 heterocycles. The molecule has 0 radical (unpaired) electrons. The Kier molecular flexibility index (Phi) is 4.48. The fourth-order valence-electron chi connectivity index (χ4n) is 2.93. The average Bonchev–Trinajstić information content (AvgIpc) is 3.11. The Morgan fingerprint density at radius 3 is 2.35 bits per heavy atom. The molecule has 1 amide bonds. The van der Waals surface area contributed by atoms with E-state index in [2.05, 4.69) is 15.3 Å². The summed E-state index contributed by atoms with van der Waals surface area (Å²) in [6.45, 7) is 0. The largest absolute Gasteiger partial charge is 0.342 e. The molecule has 4 aromatic rings. The highest BCUT2D eigenvalue weighted by atomic mass is 16.1. The minimum atomic E-state index is -0.0966. The van der Waals surface area contributed by atoms with Crippen LogP contribution in [-0.4, -0.2) is 15.9 Å². The molecule has 4 heteroatoms. The smallest absolute Gasteiger partial charge is 0.255 e. The lowest BCUT2D eigenvalue weighted by Gasteiger charge is -2.06. The van der Waals surface area contributed by atoms with Crippen LogP contribution >= 0.6 is 0 Å². The van der Waals surface area contributed by atoms with Gasteiger partial charge in [-0.1, -0.05) is 42.5 Å². The number of benzene rings is 3. The zero-order valence-electron chi connectivity index (χ0n) is 14.3. The van der Waals surface area contributed by atoms with Gasteiger partial charge in [0, 0.05) is 17.7 Å². The SMILES string of the molecule is O=C(Nc1ccc(CCc2nc3ccccc3[nH]2)cc1)c1ccccc1. The van der Waals surface area contributed by atoms with E-state index in [1.54, 1.807) is 12.1 Å². The van der Waals surface area contributed by atoms with Crippen molar-refractivity contribution in [1.29, 1.82) is 0 Å². The molecule has 0 spiro atoms. The number of imidazole rings is 1. The average molecular weight is 341 g/mol. The third kappa shape index (κ3) is 3.64.